The minimum Gasteiger partial charge on any atom is -0.327 e. The first-order valence-electron chi connectivity index (χ1n) is 5.73. The van der Waals surface area contributed by atoms with E-state index in [2.05, 4.69) is 26.2 Å². The van der Waals surface area contributed by atoms with Gasteiger partial charge in [0.25, 0.3) is 0 Å². The van der Waals surface area contributed by atoms with Crippen LogP contribution in [0.25, 0.3) is 0 Å². The third kappa shape index (κ3) is 2.40. The number of aromatic nitrogens is 1. The summed E-state index contributed by atoms with van der Waals surface area (Å²) in [5.74, 6) is 0.703. The summed E-state index contributed by atoms with van der Waals surface area (Å²) >= 11 is 1.81. The van der Waals surface area contributed by atoms with Gasteiger partial charge in [-0.15, -0.1) is 11.3 Å². The van der Waals surface area contributed by atoms with Crippen molar-refractivity contribution in [2.75, 3.05) is 0 Å². The van der Waals surface area contributed by atoms with Gasteiger partial charge in [0.1, 0.15) is 0 Å². The van der Waals surface area contributed by atoms with E-state index in [1.165, 1.54) is 17.1 Å². The second-order valence-electron chi connectivity index (χ2n) is 5.29. The molecule has 1 aliphatic rings. The first-order valence-corrected chi connectivity index (χ1v) is 6.61. The van der Waals surface area contributed by atoms with Crippen molar-refractivity contribution in [3.63, 3.8) is 0 Å². The zero-order chi connectivity index (χ0) is 11.1. The normalized spacial score (nSPS) is 25.2. The topological polar surface area (TPSA) is 38.9 Å². The molecule has 3 heteroatoms. The van der Waals surface area contributed by atoms with Crippen molar-refractivity contribution in [1.29, 1.82) is 0 Å². The third-order valence-corrected chi connectivity index (χ3v) is 4.38. The lowest BCUT2D eigenvalue weighted by molar-refractivity contribution is 0.615. The Morgan fingerprint density at radius 2 is 2.33 bits per heavy atom. The van der Waals surface area contributed by atoms with Gasteiger partial charge >= 0.3 is 0 Å². The summed E-state index contributed by atoms with van der Waals surface area (Å²) in [6.45, 7) is 6.76. The molecule has 0 amide bonds. The maximum atomic E-state index is 5.92. The van der Waals surface area contributed by atoms with Crippen LogP contribution in [0.2, 0.25) is 0 Å². The van der Waals surface area contributed by atoms with Gasteiger partial charge in [0, 0.05) is 23.8 Å². The number of thiazole rings is 1. The van der Waals surface area contributed by atoms with Gasteiger partial charge in [-0.05, 0) is 18.3 Å². The van der Waals surface area contributed by atoms with Crippen LogP contribution in [0.3, 0.4) is 0 Å². The summed E-state index contributed by atoms with van der Waals surface area (Å²) in [4.78, 5) is 4.69. The largest absolute Gasteiger partial charge is 0.327 e. The molecule has 2 rings (SSSR count). The predicted octanol–water partition coefficient (Wildman–Crippen LogP) is 2.94. The zero-order valence-electron chi connectivity index (χ0n) is 9.79. The van der Waals surface area contributed by atoms with Crippen molar-refractivity contribution in [2.24, 2.45) is 11.1 Å². The molecule has 0 bridgehead atoms. The van der Waals surface area contributed by atoms with E-state index in [0.29, 0.717) is 11.3 Å². The van der Waals surface area contributed by atoms with E-state index < -0.39 is 0 Å². The van der Waals surface area contributed by atoms with Gasteiger partial charge in [-0.25, -0.2) is 4.98 Å². The molecule has 1 aromatic heterocycles. The molecule has 0 aliphatic heterocycles. The fourth-order valence-electron chi connectivity index (χ4n) is 1.88. The first-order chi connectivity index (χ1) is 7.03. The summed E-state index contributed by atoms with van der Waals surface area (Å²) < 4.78 is 0. The van der Waals surface area contributed by atoms with E-state index in [9.17, 15) is 0 Å². The highest BCUT2D eigenvalue weighted by molar-refractivity contribution is 7.09. The number of hydrogen-bond acceptors (Lipinski definition) is 3. The lowest BCUT2D eigenvalue weighted by Gasteiger charge is -2.04. The molecule has 2 N–H and O–H groups in total. The molecule has 1 aliphatic carbocycles. The van der Waals surface area contributed by atoms with Crippen LogP contribution in [-0.4, -0.2) is 11.0 Å². The van der Waals surface area contributed by atoms with Crippen LogP contribution >= 0.6 is 11.3 Å². The van der Waals surface area contributed by atoms with E-state index in [4.69, 9.17) is 10.7 Å². The van der Waals surface area contributed by atoms with Gasteiger partial charge in [-0.2, -0.15) is 0 Å². The quantitative estimate of drug-likeness (QED) is 0.854. The molecule has 2 atom stereocenters. The molecule has 84 valence electrons. The number of rotatable bonds is 4. The smallest absolute Gasteiger partial charge is 0.0964 e. The molecule has 1 fully saturated rings. The van der Waals surface area contributed by atoms with Crippen molar-refractivity contribution in [3.8, 4) is 0 Å². The van der Waals surface area contributed by atoms with Gasteiger partial charge in [0.2, 0.25) is 0 Å². The summed E-state index contributed by atoms with van der Waals surface area (Å²) in [6.07, 6.45) is 3.25. The molecule has 0 aromatic carbocycles. The van der Waals surface area contributed by atoms with Crippen LogP contribution in [0.1, 0.15) is 50.2 Å². The Bertz CT molecular complexity index is 343. The molecule has 0 radical (unpaired) electrons. The molecule has 1 saturated carbocycles. The van der Waals surface area contributed by atoms with Gasteiger partial charge in [-0.1, -0.05) is 20.8 Å². The molecule has 2 unspecified atom stereocenters. The van der Waals surface area contributed by atoms with Gasteiger partial charge < -0.3 is 5.73 Å². The van der Waals surface area contributed by atoms with Gasteiger partial charge in [-0.3, -0.25) is 0 Å². The fourth-order valence-corrected chi connectivity index (χ4v) is 3.02. The van der Waals surface area contributed by atoms with Crippen LogP contribution in [0.4, 0.5) is 0 Å². The predicted molar refractivity (Wildman–Crippen MR) is 65.2 cm³/mol. The van der Waals surface area contributed by atoms with Crippen LogP contribution in [-0.2, 0) is 6.42 Å². The highest BCUT2D eigenvalue weighted by Gasteiger charge is 2.48. The Morgan fingerprint density at radius 3 is 2.87 bits per heavy atom. The third-order valence-electron chi connectivity index (χ3n) is 3.38. The highest BCUT2D eigenvalue weighted by atomic mass is 32.1. The van der Waals surface area contributed by atoms with Crippen LogP contribution in [0, 0.1) is 5.41 Å². The van der Waals surface area contributed by atoms with Crippen molar-refractivity contribution >= 4 is 11.3 Å². The Labute approximate surface area is 95.9 Å². The molecule has 15 heavy (non-hydrogen) atoms. The van der Waals surface area contributed by atoms with Crippen molar-refractivity contribution in [2.45, 2.75) is 52.0 Å². The lowest BCUT2D eigenvalue weighted by atomic mass is 10.1. The number of nitrogens with two attached hydrogens (primary N) is 1. The van der Waals surface area contributed by atoms with E-state index >= 15 is 0 Å². The van der Waals surface area contributed by atoms with Crippen LogP contribution in [0.15, 0.2) is 5.38 Å². The molecule has 0 saturated heterocycles. The lowest BCUT2D eigenvalue weighted by Crippen LogP contribution is -2.21. The molecular formula is C12H20N2S. The SMILES string of the molecule is CCC(N)Cc1csc(C2CC2(C)C)n1. The molecule has 0 spiro atoms. The van der Waals surface area contributed by atoms with Gasteiger partial charge in [0.15, 0.2) is 0 Å². The fraction of sp³-hybridized carbons (Fsp3) is 0.750. The van der Waals surface area contributed by atoms with E-state index in [1.54, 1.807) is 0 Å². The number of hydrogen-bond donors (Lipinski definition) is 1. The molecule has 2 nitrogen and oxygen atoms in total. The Balaban J connectivity index is 1.99. The molecular weight excluding hydrogens is 204 g/mol. The maximum absolute atomic E-state index is 5.92. The average molecular weight is 224 g/mol. The summed E-state index contributed by atoms with van der Waals surface area (Å²) in [6, 6.07) is 0.271. The first kappa shape index (κ1) is 11.1. The maximum Gasteiger partial charge on any atom is 0.0964 e. The minimum absolute atomic E-state index is 0.271. The summed E-state index contributed by atoms with van der Waals surface area (Å²) in [7, 11) is 0. The van der Waals surface area contributed by atoms with E-state index in [0.717, 1.165) is 12.8 Å². The summed E-state index contributed by atoms with van der Waals surface area (Å²) in [5.41, 5.74) is 7.60. The van der Waals surface area contributed by atoms with Crippen LogP contribution in [0.5, 0.6) is 0 Å². The Morgan fingerprint density at radius 1 is 1.67 bits per heavy atom. The summed E-state index contributed by atoms with van der Waals surface area (Å²) in [5, 5.41) is 3.50. The van der Waals surface area contributed by atoms with E-state index in [-0.39, 0.29) is 6.04 Å². The monoisotopic (exact) mass is 224 g/mol. The Kier molecular flexibility index (Phi) is 2.86. The number of nitrogens with zero attached hydrogens (tertiary/aromatic N) is 1. The minimum atomic E-state index is 0.271. The second-order valence-corrected chi connectivity index (χ2v) is 6.18. The average Bonchev–Trinajstić information content (AvgIpc) is 2.63. The second kappa shape index (κ2) is 3.87. The van der Waals surface area contributed by atoms with Crippen LogP contribution < -0.4 is 5.73 Å². The molecule has 1 heterocycles. The highest BCUT2D eigenvalue weighted by Crippen LogP contribution is 2.59. The zero-order valence-corrected chi connectivity index (χ0v) is 10.6. The van der Waals surface area contributed by atoms with Crippen molar-refractivity contribution in [3.05, 3.63) is 16.1 Å². The molecule has 1 aromatic rings. The van der Waals surface area contributed by atoms with E-state index in [1.807, 2.05) is 11.3 Å². The van der Waals surface area contributed by atoms with Gasteiger partial charge in [0.05, 0.1) is 10.7 Å². The van der Waals surface area contributed by atoms with Crippen molar-refractivity contribution < 1.29 is 0 Å². The standard InChI is InChI=1S/C12H20N2S/c1-4-8(13)5-9-7-15-11(14-9)10-6-12(10,2)3/h7-8,10H,4-6,13H2,1-3H3. The van der Waals surface area contributed by atoms with Crippen molar-refractivity contribution in [1.82, 2.24) is 4.98 Å². The Hall–Kier alpha value is -0.410.